The van der Waals surface area contributed by atoms with E-state index in [1.54, 1.807) is 13.8 Å². The summed E-state index contributed by atoms with van der Waals surface area (Å²) in [6.45, 7) is 7.83. The lowest BCUT2D eigenvalue weighted by atomic mass is 9.88. The molecule has 15 heavy (non-hydrogen) atoms. The first kappa shape index (κ1) is 14.9. The first-order valence-electron chi connectivity index (χ1n) is 5.55. The Morgan fingerprint density at radius 1 is 1.33 bits per heavy atom. The third kappa shape index (κ3) is 3.45. The third-order valence-corrected chi connectivity index (χ3v) is 5.49. The third-order valence-electron chi connectivity index (χ3n) is 3.33. The van der Waals surface area contributed by atoms with Gasteiger partial charge in [-0.15, -0.1) is 0 Å². The summed E-state index contributed by atoms with van der Waals surface area (Å²) in [5.74, 6) is 0.365. The average Bonchev–Trinajstić information content (AvgIpc) is 2.03. The van der Waals surface area contributed by atoms with Crippen LogP contribution in [0.1, 0.15) is 40.5 Å². The van der Waals surface area contributed by atoms with Crippen molar-refractivity contribution < 1.29 is 8.42 Å². The molecule has 4 heteroatoms. The predicted molar refractivity (Wildman–Crippen MR) is 65.8 cm³/mol. The zero-order chi connectivity index (χ0) is 12.3. The van der Waals surface area contributed by atoms with E-state index in [0.29, 0.717) is 5.92 Å². The fourth-order valence-corrected chi connectivity index (χ4v) is 2.98. The van der Waals surface area contributed by atoms with Crippen molar-refractivity contribution in [3.8, 4) is 0 Å². The van der Waals surface area contributed by atoms with Crippen molar-refractivity contribution in [2.24, 2.45) is 5.92 Å². The van der Waals surface area contributed by atoms with Crippen molar-refractivity contribution in [2.45, 2.75) is 51.3 Å². The highest BCUT2D eigenvalue weighted by Crippen LogP contribution is 2.27. The molecule has 0 radical (unpaired) electrons. The van der Waals surface area contributed by atoms with Crippen LogP contribution in [0.2, 0.25) is 0 Å². The summed E-state index contributed by atoms with van der Waals surface area (Å²) in [7, 11) is -1.20. The maximum Gasteiger partial charge on any atom is 0.154 e. The predicted octanol–water partition coefficient (Wildman–Crippen LogP) is 1.83. The van der Waals surface area contributed by atoms with Gasteiger partial charge in [0.2, 0.25) is 0 Å². The first-order chi connectivity index (χ1) is 6.68. The van der Waals surface area contributed by atoms with E-state index in [0.717, 1.165) is 12.8 Å². The molecule has 0 aliphatic carbocycles. The second-order valence-corrected chi connectivity index (χ2v) is 7.50. The van der Waals surface area contributed by atoms with Crippen molar-refractivity contribution in [3.63, 3.8) is 0 Å². The fourth-order valence-electron chi connectivity index (χ4n) is 2.17. The molecule has 92 valence electrons. The molecule has 0 spiro atoms. The van der Waals surface area contributed by atoms with Crippen LogP contribution >= 0.6 is 0 Å². The summed E-state index contributed by atoms with van der Waals surface area (Å²) < 4.78 is 22.7. The molecule has 0 aromatic carbocycles. The molecule has 0 saturated carbocycles. The number of rotatable bonds is 6. The van der Waals surface area contributed by atoms with Gasteiger partial charge in [-0.25, -0.2) is 8.42 Å². The molecule has 2 atom stereocenters. The maximum atomic E-state index is 11.7. The lowest BCUT2D eigenvalue weighted by Crippen LogP contribution is -2.53. The van der Waals surface area contributed by atoms with Crippen LogP contribution in [-0.2, 0) is 9.84 Å². The van der Waals surface area contributed by atoms with Gasteiger partial charge in [0, 0.05) is 12.3 Å². The topological polar surface area (TPSA) is 46.2 Å². The molecule has 0 amide bonds. The first-order valence-corrected chi connectivity index (χ1v) is 7.44. The van der Waals surface area contributed by atoms with E-state index < -0.39 is 14.6 Å². The van der Waals surface area contributed by atoms with Crippen LogP contribution in [-0.4, -0.2) is 32.5 Å². The van der Waals surface area contributed by atoms with Gasteiger partial charge in [-0.3, -0.25) is 0 Å². The monoisotopic (exact) mass is 235 g/mol. The number of nitrogens with one attached hydrogen (secondary N) is 1. The molecule has 0 aromatic heterocycles. The quantitative estimate of drug-likeness (QED) is 0.764. The van der Waals surface area contributed by atoms with E-state index in [1.807, 2.05) is 7.05 Å². The van der Waals surface area contributed by atoms with Gasteiger partial charge in [-0.05, 0) is 33.2 Å². The molecule has 0 aromatic rings. The second kappa shape index (κ2) is 5.30. The largest absolute Gasteiger partial charge is 0.315 e. The SMILES string of the molecule is CCCC(C)C(NC)C(C)(C)S(C)(=O)=O. The standard InChI is InChI=1S/C11H25NO2S/c1-7-8-9(2)10(12-5)11(3,4)15(6,13)14/h9-10,12H,7-8H2,1-6H3. The highest BCUT2D eigenvalue weighted by Gasteiger charge is 2.40. The Balaban J connectivity index is 4.96. The molecule has 1 N–H and O–H groups in total. The van der Waals surface area contributed by atoms with Crippen LogP contribution in [0, 0.1) is 5.92 Å². The Morgan fingerprint density at radius 3 is 2.07 bits per heavy atom. The number of hydrogen-bond acceptors (Lipinski definition) is 3. The highest BCUT2D eigenvalue weighted by molar-refractivity contribution is 7.92. The lowest BCUT2D eigenvalue weighted by molar-refractivity contribution is 0.312. The van der Waals surface area contributed by atoms with E-state index in [9.17, 15) is 8.42 Å². The molecular weight excluding hydrogens is 210 g/mol. The molecular formula is C11H25NO2S. The smallest absolute Gasteiger partial charge is 0.154 e. The van der Waals surface area contributed by atoms with Crippen molar-refractivity contribution in [3.05, 3.63) is 0 Å². The summed E-state index contributed by atoms with van der Waals surface area (Å²) in [5, 5.41) is 3.15. The van der Waals surface area contributed by atoms with Gasteiger partial charge in [-0.1, -0.05) is 20.3 Å². The average molecular weight is 235 g/mol. The van der Waals surface area contributed by atoms with Gasteiger partial charge in [0.25, 0.3) is 0 Å². The van der Waals surface area contributed by atoms with Gasteiger partial charge < -0.3 is 5.32 Å². The lowest BCUT2D eigenvalue weighted by Gasteiger charge is -2.36. The maximum absolute atomic E-state index is 11.7. The second-order valence-electron chi connectivity index (χ2n) is 4.91. The van der Waals surface area contributed by atoms with Crippen molar-refractivity contribution in [1.82, 2.24) is 5.32 Å². The van der Waals surface area contributed by atoms with E-state index in [-0.39, 0.29) is 6.04 Å². The minimum Gasteiger partial charge on any atom is -0.315 e. The summed E-state index contributed by atoms with van der Waals surface area (Å²) in [4.78, 5) is 0. The van der Waals surface area contributed by atoms with Gasteiger partial charge in [0.1, 0.15) is 0 Å². The van der Waals surface area contributed by atoms with E-state index in [4.69, 9.17) is 0 Å². The Hall–Kier alpha value is -0.0900. The van der Waals surface area contributed by atoms with Gasteiger partial charge in [-0.2, -0.15) is 0 Å². The minimum atomic E-state index is -3.04. The van der Waals surface area contributed by atoms with Crippen molar-refractivity contribution >= 4 is 9.84 Å². The Bertz CT molecular complexity index is 283. The Kier molecular flexibility index (Phi) is 5.27. The van der Waals surface area contributed by atoms with Crippen molar-refractivity contribution in [1.29, 1.82) is 0 Å². The molecule has 2 unspecified atom stereocenters. The van der Waals surface area contributed by atoms with Crippen LogP contribution in [0.15, 0.2) is 0 Å². The summed E-state index contributed by atoms with van der Waals surface area (Å²) >= 11 is 0. The molecule has 0 rings (SSSR count). The number of sulfone groups is 1. The Morgan fingerprint density at radius 2 is 1.80 bits per heavy atom. The van der Waals surface area contributed by atoms with Gasteiger partial charge >= 0.3 is 0 Å². The molecule has 0 saturated heterocycles. The zero-order valence-corrected chi connectivity index (χ0v) is 11.6. The van der Waals surface area contributed by atoms with Crippen molar-refractivity contribution in [2.75, 3.05) is 13.3 Å². The minimum absolute atomic E-state index is 0.00690. The summed E-state index contributed by atoms with van der Waals surface area (Å²) in [6, 6.07) is 0.00690. The van der Waals surface area contributed by atoms with E-state index in [2.05, 4.69) is 19.2 Å². The molecule has 0 heterocycles. The van der Waals surface area contributed by atoms with Gasteiger partial charge in [0.15, 0.2) is 9.84 Å². The molecule has 0 aliphatic heterocycles. The summed E-state index contributed by atoms with van der Waals surface area (Å²) in [6.07, 6.45) is 3.44. The molecule has 0 aliphatic rings. The zero-order valence-electron chi connectivity index (χ0n) is 10.8. The van der Waals surface area contributed by atoms with E-state index >= 15 is 0 Å². The molecule has 3 nitrogen and oxygen atoms in total. The Labute approximate surface area is 94.6 Å². The van der Waals surface area contributed by atoms with Crippen LogP contribution in [0.5, 0.6) is 0 Å². The van der Waals surface area contributed by atoms with Crippen LogP contribution in [0.3, 0.4) is 0 Å². The normalized spacial score (nSPS) is 17.5. The van der Waals surface area contributed by atoms with Crippen LogP contribution < -0.4 is 5.32 Å². The molecule has 0 bridgehead atoms. The van der Waals surface area contributed by atoms with E-state index in [1.165, 1.54) is 6.26 Å². The molecule has 0 fully saturated rings. The summed E-state index contributed by atoms with van der Waals surface area (Å²) in [5.41, 5.74) is 0. The number of hydrogen-bond donors (Lipinski definition) is 1. The van der Waals surface area contributed by atoms with Gasteiger partial charge in [0.05, 0.1) is 4.75 Å². The van der Waals surface area contributed by atoms with Crippen LogP contribution in [0.25, 0.3) is 0 Å². The fraction of sp³-hybridized carbons (Fsp3) is 1.00. The highest BCUT2D eigenvalue weighted by atomic mass is 32.2. The van der Waals surface area contributed by atoms with Crippen LogP contribution in [0.4, 0.5) is 0 Å².